The molecule has 1 amide bonds. The summed E-state index contributed by atoms with van der Waals surface area (Å²) in [6, 6.07) is 14.2. The van der Waals surface area contributed by atoms with Gasteiger partial charge in [0.05, 0.1) is 49.8 Å². The Labute approximate surface area is 425 Å². The molecular formula is C47H41F6N13O10. The summed E-state index contributed by atoms with van der Waals surface area (Å²) in [5.41, 5.74) is 1.54. The van der Waals surface area contributed by atoms with Crippen molar-refractivity contribution in [2.75, 3.05) is 60.4 Å². The Morgan fingerprint density at radius 1 is 0.526 bits per heavy atom. The Morgan fingerprint density at radius 3 is 1.26 bits per heavy atom. The lowest BCUT2D eigenvalue weighted by Gasteiger charge is -2.14. The van der Waals surface area contributed by atoms with Crippen molar-refractivity contribution >= 4 is 35.1 Å². The van der Waals surface area contributed by atoms with E-state index in [9.17, 15) is 41.0 Å². The fourth-order valence-electron chi connectivity index (χ4n) is 6.81. The van der Waals surface area contributed by atoms with Crippen LogP contribution in [0.25, 0.3) is 33.9 Å². The van der Waals surface area contributed by atoms with Gasteiger partial charge in [-0.1, -0.05) is 0 Å². The van der Waals surface area contributed by atoms with E-state index >= 15 is 0 Å². The van der Waals surface area contributed by atoms with E-state index in [1.165, 1.54) is 86.7 Å². The molecule has 6 aromatic heterocycles. The molecule has 8 aromatic rings. The van der Waals surface area contributed by atoms with E-state index in [0.29, 0.717) is 39.9 Å². The number of carbonyl (C=O) groups excluding carboxylic acids is 1. The fourth-order valence-corrected chi connectivity index (χ4v) is 6.81. The van der Waals surface area contributed by atoms with Crippen LogP contribution >= 0.6 is 0 Å². The Hall–Kier alpha value is -9.80. The Balaban J connectivity index is 0.000000221. The molecule has 0 bridgehead atoms. The zero-order valence-corrected chi connectivity index (χ0v) is 40.6. The molecule has 0 saturated carbocycles. The number of aromatic nitrogens is 10. The third-order valence-electron chi connectivity index (χ3n) is 10.3. The van der Waals surface area contributed by atoms with Crippen molar-refractivity contribution < 1.29 is 74.3 Å². The van der Waals surface area contributed by atoms with Crippen molar-refractivity contribution in [2.45, 2.75) is 12.4 Å². The lowest BCUT2D eigenvalue weighted by atomic mass is 10.1. The maximum atomic E-state index is 13.3. The molecule has 0 fully saturated rings. The lowest BCUT2D eigenvalue weighted by molar-refractivity contribution is -0.142. The molecule has 0 saturated heterocycles. The molecule has 0 unspecified atom stereocenters. The van der Waals surface area contributed by atoms with Crippen molar-refractivity contribution in [3.63, 3.8) is 0 Å². The van der Waals surface area contributed by atoms with Crippen molar-refractivity contribution in [1.29, 1.82) is 0 Å². The number of nitrogens with zero attached hydrogens (tertiary/aromatic N) is 10. The minimum absolute atomic E-state index is 0.000487. The smallest absolute Gasteiger partial charge is 0.435 e. The van der Waals surface area contributed by atoms with E-state index in [1.54, 1.807) is 36.4 Å². The van der Waals surface area contributed by atoms with Crippen LogP contribution in [-0.4, -0.2) is 116 Å². The number of ether oxygens (including phenoxy) is 6. The molecule has 0 aliphatic rings. The number of pyridine rings is 2. The van der Waals surface area contributed by atoms with E-state index in [1.807, 2.05) is 0 Å². The molecule has 29 heteroatoms. The quantitative estimate of drug-likeness (QED) is 0.0496. The number of carbonyl (C=O) groups is 2. The van der Waals surface area contributed by atoms with Gasteiger partial charge >= 0.3 is 18.3 Å². The second-order valence-electron chi connectivity index (χ2n) is 15.1. The number of rotatable bonds is 17. The number of aromatic carboxylic acids is 1. The van der Waals surface area contributed by atoms with Gasteiger partial charge in [-0.3, -0.25) is 9.63 Å². The number of carboxylic acids is 1. The zero-order valence-electron chi connectivity index (χ0n) is 40.6. The first-order valence-electron chi connectivity index (χ1n) is 21.5. The van der Waals surface area contributed by atoms with E-state index in [-0.39, 0.29) is 63.1 Å². The second-order valence-corrected chi connectivity index (χ2v) is 15.1. The van der Waals surface area contributed by atoms with E-state index in [2.05, 4.69) is 61.1 Å². The Morgan fingerprint density at radius 2 is 0.921 bits per heavy atom. The highest BCUT2D eigenvalue weighted by molar-refractivity contribution is 5.97. The standard InChI is InChI=1S/C24H22F3N7O5.C23H19F3N6O5/c1-36-15-8-14(9-16(10-15)37-2)30-23-29-12-18(20(31-23)34-6-5-19(32-34)24(25,26)27)13-7-17(21(35)33-39-4)22(38-3)28-11-13;1-35-14-7-13(8-15(9-14)36-2)29-22-28-11-17(12-6-16(21(33)34)20(37-3)27-10-12)19(30-22)32-5-4-18(31-32)23(24,25)26/h5-12H,1-4H3,(H,33,35)(H,29,30,31);4-11H,1-3H3,(H,33,34)(H,28,29,30). The number of alkyl halides is 6. The van der Waals surface area contributed by atoms with Crippen LogP contribution in [-0.2, 0) is 17.2 Å². The number of benzene rings is 2. The molecule has 0 radical (unpaired) electrons. The van der Waals surface area contributed by atoms with Crippen molar-refractivity contribution in [2.24, 2.45) is 0 Å². The third kappa shape index (κ3) is 12.5. The summed E-state index contributed by atoms with van der Waals surface area (Å²) in [5, 5.41) is 22.7. The van der Waals surface area contributed by atoms with Gasteiger partial charge in [0.15, 0.2) is 23.0 Å². The maximum absolute atomic E-state index is 13.3. The summed E-state index contributed by atoms with van der Waals surface area (Å²) < 4.78 is 113. The van der Waals surface area contributed by atoms with Gasteiger partial charge in [0.1, 0.15) is 34.1 Å². The highest BCUT2D eigenvalue weighted by Gasteiger charge is 2.35. The number of halogens is 6. The highest BCUT2D eigenvalue weighted by Crippen LogP contribution is 2.35. The Kier molecular flexibility index (Phi) is 16.3. The van der Waals surface area contributed by atoms with Gasteiger partial charge < -0.3 is 44.2 Å². The second kappa shape index (κ2) is 23.0. The van der Waals surface area contributed by atoms with Crippen LogP contribution in [0.1, 0.15) is 32.1 Å². The SMILES string of the molecule is CONC(=O)c1cc(-c2cnc(Nc3cc(OC)cc(OC)c3)nc2-n2ccc(C(F)(F)F)n2)cnc1OC.COc1cc(Nc2ncc(-c3cnc(OC)c(C(=O)O)c3)c(-n3ccc(C(F)(F)F)n3)n2)cc(OC)c1. The van der Waals surface area contributed by atoms with Gasteiger partial charge in [0.2, 0.25) is 23.7 Å². The van der Waals surface area contributed by atoms with Gasteiger partial charge in [-0.25, -0.2) is 39.6 Å². The van der Waals surface area contributed by atoms with Crippen LogP contribution in [0.4, 0.5) is 49.6 Å². The lowest BCUT2D eigenvalue weighted by Crippen LogP contribution is -2.22. The van der Waals surface area contributed by atoms with Crippen LogP contribution in [0.15, 0.2) is 97.8 Å². The third-order valence-corrected chi connectivity index (χ3v) is 10.3. The van der Waals surface area contributed by atoms with Gasteiger partial charge in [-0.05, 0) is 24.3 Å². The zero-order chi connectivity index (χ0) is 54.9. The Bertz CT molecular complexity index is 3350. The van der Waals surface area contributed by atoms with Crippen LogP contribution < -0.4 is 44.5 Å². The predicted molar refractivity (Wildman–Crippen MR) is 255 cm³/mol. The first-order valence-corrected chi connectivity index (χ1v) is 21.5. The molecule has 6 heterocycles. The number of hydroxylamine groups is 1. The summed E-state index contributed by atoms with van der Waals surface area (Å²) in [4.78, 5) is 54.3. The number of anilines is 4. The molecule has 0 aliphatic carbocycles. The average molecular weight is 1060 g/mol. The number of methoxy groups -OCH3 is 6. The monoisotopic (exact) mass is 1060 g/mol. The molecule has 0 aliphatic heterocycles. The largest absolute Gasteiger partial charge is 0.497 e. The van der Waals surface area contributed by atoms with Gasteiger partial charge in [-0.15, -0.1) is 0 Å². The van der Waals surface area contributed by atoms with Crippen LogP contribution in [0.5, 0.6) is 34.8 Å². The van der Waals surface area contributed by atoms with Gasteiger partial charge in [0.25, 0.3) is 5.91 Å². The maximum Gasteiger partial charge on any atom is 0.435 e. The van der Waals surface area contributed by atoms with Crippen molar-refractivity contribution in [3.05, 3.63) is 120 Å². The molecule has 23 nitrogen and oxygen atoms in total. The molecule has 0 spiro atoms. The average Bonchev–Trinajstić information content (AvgIpc) is 4.14. The molecule has 396 valence electrons. The normalized spacial score (nSPS) is 11.2. The molecule has 4 N–H and O–H groups in total. The van der Waals surface area contributed by atoms with E-state index in [0.717, 1.165) is 33.9 Å². The molecule has 8 rings (SSSR count). The molecule has 76 heavy (non-hydrogen) atoms. The predicted octanol–water partition coefficient (Wildman–Crippen LogP) is 8.01. The molecule has 2 aromatic carbocycles. The summed E-state index contributed by atoms with van der Waals surface area (Å²) in [6.07, 6.45) is -1.84. The first-order chi connectivity index (χ1) is 36.3. The molecular weight excluding hydrogens is 1020 g/mol. The van der Waals surface area contributed by atoms with Crippen LogP contribution in [0.2, 0.25) is 0 Å². The van der Waals surface area contributed by atoms with Crippen molar-refractivity contribution in [3.8, 4) is 68.6 Å². The minimum atomic E-state index is -4.69. The number of carboxylic acid groups (broad SMARTS) is 1. The highest BCUT2D eigenvalue weighted by atomic mass is 19.4. The number of nitrogens with one attached hydrogen (secondary N) is 3. The summed E-state index contributed by atoms with van der Waals surface area (Å²) in [5.74, 6) is -0.214. The van der Waals surface area contributed by atoms with Gasteiger partial charge in [0, 0.05) is 107 Å². The topological polar surface area (TPSA) is 268 Å². The summed E-state index contributed by atoms with van der Waals surface area (Å²) in [6.45, 7) is 0. The molecule has 0 atom stereocenters. The summed E-state index contributed by atoms with van der Waals surface area (Å²) >= 11 is 0. The van der Waals surface area contributed by atoms with E-state index < -0.39 is 35.6 Å². The number of hydrogen-bond donors (Lipinski definition) is 4. The van der Waals surface area contributed by atoms with Crippen LogP contribution in [0, 0.1) is 0 Å². The van der Waals surface area contributed by atoms with Gasteiger partial charge in [-0.2, -0.15) is 46.5 Å². The van der Waals surface area contributed by atoms with Crippen molar-refractivity contribution in [1.82, 2.24) is 54.9 Å². The fraction of sp³-hybridized carbons (Fsp3) is 0.191. The van der Waals surface area contributed by atoms with Crippen LogP contribution in [0.3, 0.4) is 0 Å². The number of amides is 1. The summed E-state index contributed by atoms with van der Waals surface area (Å²) in [7, 11) is 9.78. The van der Waals surface area contributed by atoms with E-state index in [4.69, 9.17) is 28.4 Å². The first kappa shape index (κ1) is 54.0. The minimum Gasteiger partial charge on any atom is -0.497 e. The number of hydrogen-bond acceptors (Lipinski definition) is 19.